The fraction of sp³-hybridized carbons (Fsp3) is 0.0400. The maximum Gasteiger partial charge on any atom is 0.340 e. The topological polar surface area (TPSA) is 125 Å². The van der Waals surface area contributed by atoms with Crippen molar-refractivity contribution in [3.63, 3.8) is 0 Å². The number of esters is 1. The Balaban J connectivity index is 1.60. The van der Waals surface area contributed by atoms with E-state index in [-0.39, 0.29) is 22.6 Å². The van der Waals surface area contributed by atoms with Gasteiger partial charge in [-0.15, -0.1) is 0 Å². The minimum Gasteiger partial charge on any atom is -0.452 e. The second-order valence-electron chi connectivity index (χ2n) is 6.92. The molecule has 162 valence electrons. The van der Waals surface area contributed by atoms with Gasteiger partial charge in [-0.2, -0.15) is 5.26 Å². The van der Waals surface area contributed by atoms with Crippen LogP contribution in [0.4, 0.5) is 5.88 Å². The molecule has 0 aliphatic rings. The molecule has 0 saturated carbocycles. The number of furan rings is 1. The number of anilines is 1. The Hall–Kier alpha value is -4.90. The molecule has 1 amide bonds. The van der Waals surface area contributed by atoms with E-state index in [2.05, 4.69) is 16.4 Å². The molecule has 2 N–H and O–H groups in total. The van der Waals surface area contributed by atoms with Gasteiger partial charge in [0.1, 0.15) is 17.4 Å². The number of nitrogens with one attached hydrogen (secondary N) is 2. The summed E-state index contributed by atoms with van der Waals surface area (Å²) in [5, 5.41) is 12.4. The Morgan fingerprint density at radius 1 is 0.970 bits per heavy atom. The molecule has 0 atom stereocenters. The molecular weight excluding hydrogens is 422 g/mol. The lowest BCUT2D eigenvalue weighted by Gasteiger charge is -2.05. The molecule has 2 aromatic carbocycles. The van der Waals surface area contributed by atoms with Gasteiger partial charge in [-0.05, 0) is 11.6 Å². The zero-order chi connectivity index (χ0) is 23.2. The first-order chi connectivity index (χ1) is 16.1. The van der Waals surface area contributed by atoms with Gasteiger partial charge in [-0.1, -0.05) is 60.7 Å². The van der Waals surface area contributed by atoms with Gasteiger partial charge in [0.2, 0.25) is 11.4 Å². The maximum absolute atomic E-state index is 12.4. The number of amides is 1. The van der Waals surface area contributed by atoms with Crippen LogP contribution >= 0.6 is 0 Å². The first-order valence-corrected chi connectivity index (χ1v) is 9.90. The standard InChI is InChI=1S/C25H17N3O5/c26-13-19-22(16-7-3-1-4-8-16)23(17-9-5-2-6-10-17)33-24(19)28-21(30)15-32-25(31)18-11-12-20(29)27-14-18/h1-12,14H,15H2,(H,27,29)(H,28,30). The Kier molecular flexibility index (Phi) is 6.14. The summed E-state index contributed by atoms with van der Waals surface area (Å²) in [6.07, 6.45) is 1.20. The average molecular weight is 439 g/mol. The molecular formula is C25H17N3O5. The Labute approximate surface area is 188 Å². The molecule has 0 spiro atoms. The average Bonchev–Trinajstić information content (AvgIpc) is 3.22. The number of nitriles is 1. The quantitative estimate of drug-likeness (QED) is 0.438. The number of aromatic nitrogens is 1. The highest BCUT2D eigenvalue weighted by molar-refractivity contribution is 5.98. The van der Waals surface area contributed by atoms with Crippen molar-refractivity contribution < 1.29 is 18.7 Å². The van der Waals surface area contributed by atoms with Crippen molar-refractivity contribution in [1.29, 1.82) is 5.26 Å². The number of nitrogens with zero attached hydrogens (tertiary/aromatic N) is 1. The predicted molar refractivity (Wildman–Crippen MR) is 120 cm³/mol. The fourth-order valence-electron chi connectivity index (χ4n) is 3.21. The summed E-state index contributed by atoms with van der Waals surface area (Å²) in [6, 6.07) is 23.0. The van der Waals surface area contributed by atoms with Crippen molar-refractivity contribution in [2.75, 3.05) is 11.9 Å². The summed E-state index contributed by atoms with van der Waals surface area (Å²) in [5.41, 5.74) is 1.91. The molecule has 8 nitrogen and oxygen atoms in total. The number of H-pyrrole nitrogens is 1. The number of hydrogen-bond donors (Lipinski definition) is 2. The van der Waals surface area contributed by atoms with Crippen LogP contribution in [0.5, 0.6) is 0 Å². The van der Waals surface area contributed by atoms with Gasteiger partial charge >= 0.3 is 5.97 Å². The highest BCUT2D eigenvalue weighted by Gasteiger charge is 2.24. The van der Waals surface area contributed by atoms with Gasteiger partial charge in [0, 0.05) is 23.4 Å². The number of hydrogen-bond acceptors (Lipinski definition) is 6. The number of carbonyl (C=O) groups is 2. The molecule has 0 radical (unpaired) electrons. The van der Waals surface area contributed by atoms with Crippen LogP contribution in [0.3, 0.4) is 0 Å². The van der Waals surface area contributed by atoms with Crippen LogP contribution in [-0.2, 0) is 9.53 Å². The smallest absolute Gasteiger partial charge is 0.340 e. The molecule has 8 heteroatoms. The Morgan fingerprint density at radius 3 is 2.24 bits per heavy atom. The van der Waals surface area contributed by atoms with Crippen molar-refractivity contribution in [3.8, 4) is 28.5 Å². The molecule has 33 heavy (non-hydrogen) atoms. The van der Waals surface area contributed by atoms with Crippen molar-refractivity contribution in [3.05, 3.63) is 100 Å². The van der Waals surface area contributed by atoms with Gasteiger partial charge in [-0.25, -0.2) is 4.79 Å². The van der Waals surface area contributed by atoms with E-state index in [0.717, 1.165) is 11.1 Å². The van der Waals surface area contributed by atoms with Crippen LogP contribution in [-0.4, -0.2) is 23.5 Å². The molecule has 2 heterocycles. The Morgan fingerprint density at radius 2 is 1.64 bits per heavy atom. The second kappa shape index (κ2) is 9.49. The Bertz CT molecular complexity index is 1380. The number of ether oxygens (including phenoxy) is 1. The minimum atomic E-state index is -0.781. The van der Waals surface area contributed by atoms with Crippen molar-refractivity contribution >= 4 is 17.8 Å². The highest BCUT2D eigenvalue weighted by atomic mass is 16.5. The van der Waals surface area contributed by atoms with Crippen LogP contribution < -0.4 is 10.9 Å². The summed E-state index contributed by atoms with van der Waals surface area (Å²) in [7, 11) is 0. The first-order valence-electron chi connectivity index (χ1n) is 9.90. The molecule has 0 aliphatic carbocycles. The second-order valence-corrected chi connectivity index (χ2v) is 6.92. The lowest BCUT2D eigenvalue weighted by Crippen LogP contribution is -2.21. The van der Waals surface area contributed by atoms with E-state index in [1.54, 1.807) is 0 Å². The monoisotopic (exact) mass is 439 g/mol. The predicted octanol–water partition coefficient (Wildman–Crippen LogP) is 3.97. The highest BCUT2D eigenvalue weighted by Crippen LogP contribution is 2.41. The zero-order valence-electron chi connectivity index (χ0n) is 17.2. The van der Waals surface area contributed by atoms with E-state index in [1.807, 2.05) is 60.7 Å². The van der Waals surface area contributed by atoms with E-state index in [4.69, 9.17) is 9.15 Å². The molecule has 4 rings (SSSR count). The van der Waals surface area contributed by atoms with E-state index in [0.29, 0.717) is 11.3 Å². The van der Waals surface area contributed by atoms with E-state index in [9.17, 15) is 19.6 Å². The molecule has 2 aromatic heterocycles. The normalized spacial score (nSPS) is 10.3. The SMILES string of the molecule is N#Cc1c(NC(=O)COC(=O)c2ccc(=O)[nH]c2)oc(-c2ccccc2)c1-c1ccccc1. The number of aromatic amines is 1. The van der Waals surface area contributed by atoms with E-state index >= 15 is 0 Å². The minimum absolute atomic E-state index is 0.0414. The van der Waals surface area contributed by atoms with Crippen LogP contribution in [0.2, 0.25) is 0 Å². The molecule has 4 aromatic rings. The van der Waals surface area contributed by atoms with Gasteiger partial charge in [-0.3, -0.25) is 14.9 Å². The zero-order valence-corrected chi connectivity index (χ0v) is 17.2. The van der Waals surface area contributed by atoms with Gasteiger partial charge in [0.15, 0.2) is 6.61 Å². The maximum atomic E-state index is 12.4. The first kappa shape index (κ1) is 21.3. The van der Waals surface area contributed by atoms with E-state index < -0.39 is 18.5 Å². The molecule has 0 unspecified atom stereocenters. The summed E-state index contributed by atoms with van der Waals surface area (Å²) in [5.74, 6) is -1.08. The third-order valence-electron chi connectivity index (χ3n) is 4.73. The largest absolute Gasteiger partial charge is 0.452 e. The van der Waals surface area contributed by atoms with Gasteiger partial charge in [0.25, 0.3) is 5.91 Å². The summed E-state index contributed by atoms with van der Waals surface area (Å²) >= 11 is 0. The summed E-state index contributed by atoms with van der Waals surface area (Å²) in [4.78, 5) is 38.0. The number of benzene rings is 2. The third kappa shape index (κ3) is 4.73. The number of rotatable bonds is 6. The number of pyridine rings is 1. The third-order valence-corrected chi connectivity index (χ3v) is 4.73. The molecule has 0 bridgehead atoms. The van der Waals surface area contributed by atoms with Gasteiger partial charge in [0.05, 0.1) is 5.56 Å². The van der Waals surface area contributed by atoms with Crippen molar-refractivity contribution in [2.45, 2.75) is 0 Å². The van der Waals surface area contributed by atoms with E-state index in [1.165, 1.54) is 18.3 Å². The van der Waals surface area contributed by atoms with Gasteiger partial charge < -0.3 is 14.1 Å². The van der Waals surface area contributed by atoms with Crippen LogP contribution in [0.15, 0.2) is 88.2 Å². The van der Waals surface area contributed by atoms with Crippen LogP contribution in [0, 0.1) is 11.3 Å². The summed E-state index contributed by atoms with van der Waals surface area (Å²) < 4.78 is 10.9. The summed E-state index contributed by atoms with van der Waals surface area (Å²) in [6.45, 7) is -0.606. The van der Waals surface area contributed by atoms with Crippen LogP contribution in [0.25, 0.3) is 22.5 Å². The van der Waals surface area contributed by atoms with Crippen molar-refractivity contribution in [2.24, 2.45) is 0 Å². The van der Waals surface area contributed by atoms with Crippen LogP contribution in [0.1, 0.15) is 15.9 Å². The lowest BCUT2D eigenvalue weighted by atomic mass is 9.98. The molecule has 0 aliphatic heterocycles. The lowest BCUT2D eigenvalue weighted by molar-refractivity contribution is -0.119. The molecule has 0 saturated heterocycles. The molecule has 0 fully saturated rings. The fourth-order valence-corrected chi connectivity index (χ4v) is 3.21. The van der Waals surface area contributed by atoms with Crippen molar-refractivity contribution in [1.82, 2.24) is 4.98 Å². The number of carbonyl (C=O) groups excluding carboxylic acids is 2.